The molecule has 0 aliphatic heterocycles. The van der Waals surface area contributed by atoms with Crippen LogP contribution in [0.2, 0.25) is 0 Å². The van der Waals surface area contributed by atoms with Crippen molar-refractivity contribution in [3.63, 3.8) is 0 Å². The molecule has 2 aromatic rings. The second-order valence-electron chi connectivity index (χ2n) is 6.27. The number of amides is 1. The Bertz CT molecular complexity index is 754. The van der Waals surface area contributed by atoms with Crippen molar-refractivity contribution in [2.24, 2.45) is 5.92 Å². The Morgan fingerprint density at radius 3 is 3.04 bits per heavy atom. The maximum atomic E-state index is 12.3. The molecule has 0 spiro atoms. The first-order chi connectivity index (χ1) is 12.2. The number of furan rings is 1. The van der Waals surface area contributed by atoms with Gasteiger partial charge in [-0.25, -0.2) is 4.68 Å². The van der Waals surface area contributed by atoms with Crippen molar-refractivity contribution < 1.29 is 13.9 Å². The second-order valence-corrected chi connectivity index (χ2v) is 6.27. The van der Waals surface area contributed by atoms with Crippen molar-refractivity contribution >= 4 is 5.91 Å². The average Bonchev–Trinajstić information content (AvgIpc) is 3.18. The Morgan fingerprint density at radius 2 is 2.28 bits per heavy atom. The lowest BCUT2D eigenvalue weighted by molar-refractivity contribution is -0.127. The minimum Gasteiger partial charge on any atom is -0.463 e. The molecule has 1 aliphatic carbocycles. The molecule has 134 valence electrons. The number of ether oxygens (including phenoxy) is 1. The summed E-state index contributed by atoms with van der Waals surface area (Å²) >= 11 is 0. The number of rotatable bonds is 6. The van der Waals surface area contributed by atoms with Gasteiger partial charge in [-0.15, -0.1) is 0 Å². The van der Waals surface area contributed by atoms with Crippen molar-refractivity contribution in [3.05, 3.63) is 40.9 Å². The molecule has 1 amide bonds. The van der Waals surface area contributed by atoms with Crippen LogP contribution < -0.4 is 10.9 Å². The van der Waals surface area contributed by atoms with E-state index in [1.165, 1.54) is 10.7 Å². The first-order valence-electron chi connectivity index (χ1n) is 8.60. The highest BCUT2D eigenvalue weighted by Gasteiger charge is 2.26. The third-order valence-corrected chi connectivity index (χ3v) is 4.59. The summed E-state index contributed by atoms with van der Waals surface area (Å²) in [5.41, 5.74) is 0.382. The van der Waals surface area contributed by atoms with Gasteiger partial charge in [-0.1, -0.05) is 6.42 Å². The van der Waals surface area contributed by atoms with Crippen LogP contribution in [0.4, 0.5) is 0 Å². The van der Waals surface area contributed by atoms with E-state index < -0.39 is 0 Å². The predicted octanol–water partition coefficient (Wildman–Crippen LogP) is 1.82. The SMILES string of the molecule is COC1CCCC(C(=O)NCCn2nc(-c3ccco3)ccc2=O)C1. The van der Waals surface area contributed by atoms with Crippen LogP contribution in [0.15, 0.2) is 39.7 Å². The highest BCUT2D eigenvalue weighted by Crippen LogP contribution is 2.26. The largest absolute Gasteiger partial charge is 0.463 e. The molecule has 3 rings (SSSR count). The normalized spacial score (nSPS) is 20.4. The van der Waals surface area contributed by atoms with Gasteiger partial charge < -0.3 is 14.5 Å². The van der Waals surface area contributed by atoms with E-state index in [0.717, 1.165) is 25.7 Å². The van der Waals surface area contributed by atoms with Gasteiger partial charge in [0.1, 0.15) is 5.69 Å². The zero-order chi connectivity index (χ0) is 17.6. The van der Waals surface area contributed by atoms with E-state index >= 15 is 0 Å². The zero-order valence-corrected chi connectivity index (χ0v) is 14.3. The number of nitrogens with one attached hydrogen (secondary N) is 1. The Balaban J connectivity index is 1.56. The monoisotopic (exact) mass is 345 g/mol. The molecule has 0 saturated heterocycles. The lowest BCUT2D eigenvalue weighted by Gasteiger charge is -2.27. The number of hydrogen-bond acceptors (Lipinski definition) is 5. The Kier molecular flexibility index (Phi) is 5.65. The fourth-order valence-corrected chi connectivity index (χ4v) is 3.19. The molecule has 2 unspecified atom stereocenters. The number of methoxy groups -OCH3 is 1. The predicted molar refractivity (Wildman–Crippen MR) is 92.0 cm³/mol. The van der Waals surface area contributed by atoms with E-state index in [-0.39, 0.29) is 23.5 Å². The van der Waals surface area contributed by atoms with Gasteiger partial charge in [-0.2, -0.15) is 5.10 Å². The zero-order valence-electron chi connectivity index (χ0n) is 14.3. The molecule has 0 aromatic carbocycles. The van der Waals surface area contributed by atoms with Crippen LogP contribution in [-0.2, 0) is 16.1 Å². The minimum absolute atomic E-state index is 0.0159. The Hall–Kier alpha value is -2.41. The molecule has 1 aliphatic rings. The van der Waals surface area contributed by atoms with Crippen LogP contribution in [0.25, 0.3) is 11.5 Å². The van der Waals surface area contributed by atoms with E-state index in [9.17, 15) is 9.59 Å². The minimum atomic E-state index is -0.207. The summed E-state index contributed by atoms with van der Waals surface area (Å²) in [5.74, 6) is 0.612. The number of carbonyl (C=O) groups excluding carboxylic acids is 1. The molecule has 1 fully saturated rings. The molecule has 0 bridgehead atoms. The number of nitrogens with zero attached hydrogens (tertiary/aromatic N) is 2. The molecule has 7 nitrogen and oxygen atoms in total. The van der Waals surface area contributed by atoms with Crippen LogP contribution in [0, 0.1) is 5.92 Å². The van der Waals surface area contributed by atoms with Gasteiger partial charge in [0.05, 0.1) is 18.9 Å². The van der Waals surface area contributed by atoms with Gasteiger partial charge in [-0.3, -0.25) is 9.59 Å². The van der Waals surface area contributed by atoms with Crippen LogP contribution >= 0.6 is 0 Å². The van der Waals surface area contributed by atoms with Gasteiger partial charge in [0, 0.05) is 25.6 Å². The van der Waals surface area contributed by atoms with Crippen LogP contribution in [0.3, 0.4) is 0 Å². The summed E-state index contributed by atoms with van der Waals surface area (Å²) in [5, 5.41) is 7.20. The van der Waals surface area contributed by atoms with E-state index in [1.54, 1.807) is 31.6 Å². The number of hydrogen-bond donors (Lipinski definition) is 1. The van der Waals surface area contributed by atoms with Gasteiger partial charge in [0.15, 0.2) is 5.76 Å². The van der Waals surface area contributed by atoms with Gasteiger partial charge in [-0.05, 0) is 37.5 Å². The lowest BCUT2D eigenvalue weighted by atomic mass is 9.86. The van der Waals surface area contributed by atoms with Crippen molar-refractivity contribution in [1.29, 1.82) is 0 Å². The summed E-state index contributed by atoms with van der Waals surface area (Å²) < 4.78 is 12.0. The van der Waals surface area contributed by atoms with E-state index in [4.69, 9.17) is 9.15 Å². The third-order valence-electron chi connectivity index (χ3n) is 4.59. The van der Waals surface area contributed by atoms with E-state index in [1.807, 2.05) is 0 Å². The summed E-state index contributed by atoms with van der Waals surface area (Å²) in [6, 6.07) is 6.64. The molecule has 2 atom stereocenters. The van der Waals surface area contributed by atoms with Crippen molar-refractivity contribution in [2.75, 3.05) is 13.7 Å². The van der Waals surface area contributed by atoms with Crippen molar-refractivity contribution in [2.45, 2.75) is 38.3 Å². The molecule has 7 heteroatoms. The van der Waals surface area contributed by atoms with E-state index in [2.05, 4.69) is 10.4 Å². The van der Waals surface area contributed by atoms with Crippen LogP contribution in [0.5, 0.6) is 0 Å². The highest BCUT2D eigenvalue weighted by atomic mass is 16.5. The van der Waals surface area contributed by atoms with Gasteiger partial charge >= 0.3 is 0 Å². The molecular formula is C18H23N3O4. The Morgan fingerprint density at radius 1 is 1.40 bits per heavy atom. The lowest BCUT2D eigenvalue weighted by Crippen LogP contribution is -2.38. The maximum absolute atomic E-state index is 12.3. The summed E-state index contributed by atoms with van der Waals surface area (Å²) in [7, 11) is 1.69. The topological polar surface area (TPSA) is 86.4 Å². The third kappa shape index (κ3) is 4.36. The first-order valence-corrected chi connectivity index (χ1v) is 8.60. The standard InChI is InChI=1S/C18H23N3O4/c1-24-14-5-2-4-13(12-14)18(23)19-9-10-21-17(22)8-7-15(20-21)16-6-3-11-25-16/h3,6-8,11,13-14H,2,4-5,9-10,12H2,1H3,(H,19,23). The van der Waals surface area contributed by atoms with Crippen LogP contribution in [-0.4, -0.2) is 35.4 Å². The first kappa shape index (κ1) is 17.4. The summed E-state index contributed by atoms with van der Waals surface area (Å²) in [6.07, 6.45) is 5.39. The molecular weight excluding hydrogens is 322 g/mol. The average molecular weight is 345 g/mol. The van der Waals surface area contributed by atoms with Gasteiger partial charge in [0.25, 0.3) is 5.56 Å². The van der Waals surface area contributed by atoms with Crippen LogP contribution in [0.1, 0.15) is 25.7 Å². The Labute approximate surface area is 146 Å². The number of carbonyl (C=O) groups is 1. The molecule has 0 radical (unpaired) electrons. The van der Waals surface area contributed by atoms with Gasteiger partial charge in [0.2, 0.25) is 5.91 Å². The molecule has 25 heavy (non-hydrogen) atoms. The fraction of sp³-hybridized carbons (Fsp3) is 0.500. The number of aromatic nitrogens is 2. The smallest absolute Gasteiger partial charge is 0.266 e. The second kappa shape index (κ2) is 8.11. The quantitative estimate of drug-likeness (QED) is 0.863. The molecule has 1 N–H and O–H groups in total. The molecule has 2 heterocycles. The van der Waals surface area contributed by atoms with E-state index in [0.29, 0.717) is 24.5 Å². The molecule has 1 saturated carbocycles. The molecule has 2 aromatic heterocycles. The fourth-order valence-electron chi connectivity index (χ4n) is 3.19. The van der Waals surface area contributed by atoms with Crippen molar-refractivity contribution in [1.82, 2.24) is 15.1 Å². The summed E-state index contributed by atoms with van der Waals surface area (Å²) in [4.78, 5) is 24.2. The highest BCUT2D eigenvalue weighted by molar-refractivity contribution is 5.78. The maximum Gasteiger partial charge on any atom is 0.266 e. The van der Waals surface area contributed by atoms with Crippen molar-refractivity contribution in [3.8, 4) is 11.5 Å². The summed E-state index contributed by atoms with van der Waals surface area (Å²) in [6.45, 7) is 0.682.